The molecule has 0 aliphatic heterocycles. The second kappa shape index (κ2) is 4.29. The van der Waals surface area contributed by atoms with Gasteiger partial charge in [-0.25, -0.2) is 8.78 Å². The van der Waals surface area contributed by atoms with E-state index in [0.717, 1.165) is 12.1 Å². The highest BCUT2D eigenvalue weighted by Gasteiger charge is 2.15. The van der Waals surface area contributed by atoms with Crippen molar-refractivity contribution in [3.63, 3.8) is 0 Å². The average Bonchev–Trinajstić information content (AvgIpc) is 2.17. The summed E-state index contributed by atoms with van der Waals surface area (Å²) in [6.07, 6.45) is -2.20. The molecule has 15 heavy (non-hydrogen) atoms. The molecule has 0 atom stereocenters. The van der Waals surface area contributed by atoms with E-state index < -0.39 is 6.43 Å². The summed E-state index contributed by atoms with van der Waals surface area (Å²) in [5, 5.41) is 0. The van der Waals surface area contributed by atoms with E-state index in [2.05, 4.69) is 0 Å². The third-order valence-corrected chi connectivity index (χ3v) is 2.23. The highest BCUT2D eigenvalue weighted by Crippen LogP contribution is 2.24. The number of ketones is 1. The van der Waals surface area contributed by atoms with E-state index in [0.29, 0.717) is 11.8 Å². The number of hydrogen-bond acceptors (Lipinski definition) is 2. The van der Waals surface area contributed by atoms with Gasteiger partial charge in [0.2, 0.25) is 0 Å². The van der Waals surface area contributed by atoms with Gasteiger partial charge in [0.1, 0.15) is 6.29 Å². The standard InChI is InChI=1S/C11H10F2O2/c1-6-9(5-14)3-8(11(12)13)4-10(6)7(2)15/h3-5,11H,1-2H3. The summed E-state index contributed by atoms with van der Waals surface area (Å²) >= 11 is 0. The third kappa shape index (κ3) is 2.26. The van der Waals surface area contributed by atoms with Gasteiger partial charge in [0.05, 0.1) is 0 Å². The van der Waals surface area contributed by atoms with Crippen LogP contribution in [0.2, 0.25) is 0 Å². The first-order valence-corrected chi connectivity index (χ1v) is 4.36. The molecule has 1 aromatic rings. The Kier molecular flexibility index (Phi) is 3.29. The molecule has 4 heteroatoms. The Morgan fingerprint density at radius 1 is 1.40 bits per heavy atom. The molecule has 1 aromatic carbocycles. The molecular formula is C11H10F2O2. The van der Waals surface area contributed by atoms with Crippen LogP contribution in [-0.2, 0) is 0 Å². The molecule has 0 radical (unpaired) electrons. The van der Waals surface area contributed by atoms with E-state index in [1.807, 2.05) is 0 Å². The van der Waals surface area contributed by atoms with Crippen molar-refractivity contribution < 1.29 is 18.4 Å². The summed E-state index contributed by atoms with van der Waals surface area (Å²) in [6, 6.07) is 2.24. The summed E-state index contributed by atoms with van der Waals surface area (Å²) < 4.78 is 24.9. The number of aldehydes is 1. The van der Waals surface area contributed by atoms with Gasteiger partial charge in [-0.1, -0.05) is 0 Å². The number of rotatable bonds is 3. The average molecular weight is 212 g/mol. The molecule has 2 nitrogen and oxygen atoms in total. The maximum absolute atomic E-state index is 12.4. The molecule has 0 N–H and O–H groups in total. The number of halogens is 2. The first kappa shape index (κ1) is 11.5. The van der Waals surface area contributed by atoms with Crippen molar-refractivity contribution in [2.24, 2.45) is 0 Å². The maximum atomic E-state index is 12.4. The summed E-state index contributed by atoms with van der Waals surface area (Å²) in [6.45, 7) is 2.85. The molecule has 0 aromatic heterocycles. The fourth-order valence-electron chi connectivity index (χ4n) is 1.37. The number of Topliss-reactive ketones (excluding diaryl/α,β-unsaturated/α-hetero) is 1. The predicted octanol–water partition coefficient (Wildman–Crippen LogP) is 2.95. The van der Waals surface area contributed by atoms with Crippen LogP contribution in [0, 0.1) is 6.92 Å². The van der Waals surface area contributed by atoms with Crippen molar-refractivity contribution in [2.45, 2.75) is 20.3 Å². The normalized spacial score (nSPS) is 10.5. The van der Waals surface area contributed by atoms with E-state index >= 15 is 0 Å². The Morgan fingerprint density at radius 3 is 2.40 bits per heavy atom. The zero-order valence-corrected chi connectivity index (χ0v) is 8.38. The predicted molar refractivity (Wildman–Crippen MR) is 51.5 cm³/mol. The van der Waals surface area contributed by atoms with Crippen LogP contribution in [-0.4, -0.2) is 12.1 Å². The second-order valence-electron chi connectivity index (χ2n) is 3.26. The lowest BCUT2D eigenvalue weighted by Gasteiger charge is -2.08. The Balaban J connectivity index is 3.45. The van der Waals surface area contributed by atoms with Crippen molar-refractivity contribution >= 4 is 12.1 Å². The summed E-state index contributed by atoms with van der Waals surface area (Å²) in [5.74, 6) is -0.321. The molecule has 0 fully saturated rings. The van der Waals surface area contributed by atoms with Gasteiger partial charge in [0.15, 0.2) is 5.78 Å². The van der Waals surface area contributed by atoms with Crippen molar-refractivity contribution in [3.05, 3.63) is 34.4 Å². The first-order chi connectivity index (χ1) is 6.97. The first-order valence-electron chi connectivity index (χ1n) is 4.36. The Labute approximate surface area is 85.9 Å². The smallest absolute Gasteiger partial charge is 0.263 e. The van der Waals surface area contributed by atoms with E-state index in [1.165, 1.54) is 6.92 Å². The molecular weight excluding hydrogens is 202 g/mol. The van der Waals surface area contributed by atoms with E-state index in [1.54, 1.807) is 6.92 Å². The van der Waals surface area contributed by atoms with Crippen LogP contribution in [0.4, 0.5) is 8.78 Å². The molecule has 0 spiro atoms. The van der Waals surface area contributed by atoms with Gasteiger partial charge in [-0.2, -0.15) is 0 Å². The zero-order valence-electron chi connectivity index (χ0n) is 8.38. The fraction of sp³-hybridized carbons (Fsp3) is 0.273. The van der Waals surface area contributed by atoms with Crippen LogP contribution in [0.15, 0.2) is 12.1 Å². The minimum Gasteiger partial charge on any atom is -0.298 e. The van der Waals surface area contributed by atoms with Crippen molar-refractivity contribution in [1.29, 1.82) is 0 Å². The Hall–Kier alpha value is -1.58. The molecule has 0 heterocycles. The molecule has 0 saturated heterocycles. The van der Waals surface area contributed by atoms with Gasteiger partial charge in [0, 0.05) is 16.7 Å². The minimum atomic E-state index is -2.68. The molecule has 0 bridgehead atoms. The fourth-order valence-corrected chi connectivity index (χ4v) is 1.37. The highest BCUT2D eigenvalue weighted by atomic mass is 19.3. The minimum absolute atomic E-state index is 0.137. The molecule has 1 rings (SSSR count). The van der Waals surface area contributed by atoms with E-state index in [9.17, 15) is 18.4 Å². The summed E-state index contributed by atoms with van der Waals surface area (Å²) in [5.41, 5.74) is 0.461. The van der Waals surface area contributed by atoms with E-state index in [4.69, 9.17) is 0 Å². The second-order valence-corrected chi connectivity index (χ2v) is 3.26. The topological polar surface area (TPSA) is 34.1 Å². The SMILES string of the molecule is CC(=O)c1cc(C(F)F)cc(C=O)c1C. The molecule has 0 aliphatic carbocycles. The highest BCUT2D eigenvalue weighted by molar-refractivity contribution is 5.98. The molecule has 80 valence electrons. The van der Waals surface area contributed by atoms with Gasteiger partial charge >= 0.3 is 0 Å². The van der Waals surface area contributed by atoms with Crippen LogP contribution in [0.25, 0.3) is 0 Å². The molecule has 0 aliphatic rings. The van der Waals surface area contributed by atoms with Crippen molar-refractivity contribution in [1.82, 2.24) is 0 Å². The van der Waals surface area contributed by atoms with Gasteiger partial charge in [-0.15, -0.1) is 0 Å². The van der Waals surface area contributed by atoms with Gasteiger partial charge < -0.3 is 0 Å². The van der Waals surface area contributed by atoms with Crippen LogP contribution in [0.1, 0.15) is 45.2 Å². The van der Waals surface area contributed by atoms with Crippen LogP contribution in [0.5, 0.6) is 0 Å². The van der Waals surface area contributed by atoms with Crippen LogP contribution >= 0.6 is 0 Å². The van der Waals surface area contributed by atoms with Gasteiger partial charge in [-0.3, -0.25) is 9.59 Å². The number of benzene rings is 1. The largest absolute Gasteiger partial charge is 0.298 e. The lowest BCUT2D eigenvalue weighted by Crippen LogP contribution is -2.02. The lowest BCUT2D eigenvalue weighted by atomic mass is 9.97. The number of carbonyl (C=O) groups is 2. The Morgan fingerprint density at radius 2 is 2.00 bits per heavy atom. The maximum Gasteiger partial charge on any atom is 0.263 e. The van der Waals surface area contributed by atoms with Gasteiger partial charge in [0.25, 0.3) is 6.43 Å². The van der Waals surface area contributed by atoms with Gasteiger partial charge in [-0.05, 0) is 31.5 Å². The monoisotopic (exact) mass is 212 g/mol. The molecule has 0 amide bonds. The van der Waals surface area contributed by atoms with Crippen molar-refractivity contribution in [3.8, 4) is 0 Å². The quantitative estimate of drug-likeness (QED) is 0.570. The molecule has 0 unspecified atom stereocenters. The lowest BCUT2D eigenvalue weighted by molar-refractivity contribution is 0.101. The number of alkyl halides is 2. The van der Waals surface area contributed by atoms with Crippen LogP contribution < -0.4 is 0 Å². The summed E-state index contributed by atoms with van der Waals surface area (Å²) in [4.78, 5) is 21.8. The third-order valence-electron chi connectivity index (χ3n) is 2.23. The number of carbonyl (C=O) groups excluding carboxylic acids is 2. The zero-order chi connectivity index (χ0) is 11.6. The molecule has 0 saturated carbocycles. The van der Waals surface area contributed by atoms with E-state index in [-0.39, 0.29) is 22.5 Å². The van der Waals surface area contributed by atoms with Crippen molar-refractivity contribution in [2.75, 3.05) is 0 Å². The number of hydrogen-bond donors (Lipinski definition) is 0. The Bertz CT molecular complexity index is 411. The summed E-state index contributed by atoms with van der Waals surface area (Å²) in [7, 11) is 0. The van der Waals surface area contributed by atoms with Crippen LogP contribution in [0.3, 0.4) is 0 Å².